The van der Waals surface area contributed by atoms with Crippen LogP contribution in [0.4, 0.5) is 4.79 Å². The van der Waals surface area contributed by atoms with Gasteiger partial charge in [-0.15, -0.1) is 0 Å². The number of urea groups is 1. The quantitative estimate of drug-likeness (QED) is 0.919. The lowest BCUT2D eigenvalue weighted by Gasteiger charge is -2.28. The van der Waals surface area contributed by atoms with Crippen molar-refractivity contribution in [3.63, 3.8) is 0 Å². The average Bonchev–Trinajstić information content (AvgIpc) is 3.31. The fourth-order valence-electron chi connectivity index (χ4n) is 3.59. The maximum Gasteiger partial charge on any atom is 0.417 e. The van der Waals surface area contributed by atoms with Crippen molar-refractivity contribution in [1.29, 1.82) is 0 Å². The number of H-pyrrole nitrogens is 1. The molecule has 1 fully saturated rings. The molecule has 126 valence electrons. The number of aromatic nitrogens is 1. The molecule has 2 amide bonds. The molecule has 0 saturated heterocycles. The van der Waals surface area contributed by atoms with Crippen molar-refractivity contribution < 1.29 is 9.21 Å². The van der Waals surface area contributed by atoms with E-state index in [4.69, 9.17) is 4.42 Å². The van der Waals surface area contributed by atoms with E-state index in [0.29, 0.717) is 23.7 Å². The number of aromatic amines is 1. The van der Waals surface area contributed by atoms with Crippen LogP contribution in [-0.4, -0.2) is 46.8 Å². The van der Waals surface area contributed by atoms with Gasteiger partial charge in [0.15, 0.2) is 5.58 Å². The minimum atomic E-state index is -0.466. The number of fused-ring (bicyclic) bond motifs is 1. The highest BCUT2D eigenvalue weighted by Crippen LogP contribution is 2.27. The zero-order valence-corrected chi connectivity index (χ0v) is 13.6. The van der Waals surface area contributed by atoms with Crippen molar-refractivity contribution in [3.8, 4) is 0 Å². The summed E-state index contributed by atoms with van der Waals surface area (Å²) in [6.45, 7) is 0.517. The van der Waals surface area contributed by atoms with E-state index in [1.807, 2.05) is 24.1 Å². The van der Waals surface area contributed by atoms with Gasteiger partial charge in [-0.3, -0.25) is 14.9 Å². The lowest BCUT2D eigenvalue weighted by molar-refractivity contribution is 0.170. The summed E-state index contributed by atoms with van der Waals surface area (Å²) in [5.74, 6) is -0.466. The Balaban J connectivity index is 1.48. The molecule has 1 saturated carbocycles. The van der Waals surface area contributed by atoms with E-state index in [9.17, 15) is 9.59 Å². The van der Waals surface area contributed by atoms with E-state index in [0.717, 1.165) is 18.4 Å². The lowest BCUT2D eigenvalue weighted by atomic mass is 10.1. The summed E-state index contributed by atoms with van der Waals surface area (Å²) in [5, 5.41) is 0. The number of benzene rings is 1. The predicted molar refractivity (Wildman–Crippen MR) is 90.2 cm³/mol. The van der Waals surface area contributed by atoms with Crippen molar-refractivity contribution in [2.45, 2.75) is 37.8 Å². The second kappa shape index (κ2) is 5.81. The zero-order chi connectivity index (χ0) is 16.7. The van der Waals surface area contributed by atoms with Crippen LogP contribution in [0.1, 0.15) is 37.3 Å². The lowest BCUT2D eigenvalue weighted by Crippen LogP contribution is -2.44. The monoisotopic (exact) mass is 328 g/mol. The number of carbonyl (C=O) groups is 1. The summed E-state index contributed by atoms with van der Waals surface area (Å²) < 4.78 is 5.01. The maximum absolute atomic E-state index is 12.6. The van der Waals surface area contributed by atoms with Crippen molar-refractivity contribution in [1.82, 2.24) is 14.8 Å². The summed E-state index contributed by atoms with van der Waals surface area (Å²) in [6.07, 6.45) is 6.19. The predicted octanol–water partition coefficient (Wildman–Crippen LogP) is 2.50. The SMILES string of the molecule is CN(C(=O)N1C=NC(c2ccc3oc(=O)[nH]c3c2)C1)C1CCCC1. The maximum atomic E-state index is 12.6. The minimum Gasteiger partial charge on any atom is -0.408 e. The molecule has 4 rings (SSSR count). The molecule has 0 spiro atoms. The molecule has 7 heteroatoms. The van der Waals surface area contributed by atoms with Gasteiger partial charge in [0, 0.05) is 13.1 Å². The van der Waals surface area contributed by atoms with Crippen LogP contribution in [0.15, 0.2) is 32.4 Å². The number of nitrogens with zero attached hydrogens (tertiary/aromatic N) is 3. The molecule has 2 aromatic rings. The first kappa shape index (κ1) is 15.0. The molecule has 1 aliphatic heterocycles. The van der Waals surface area contributed by atoms with Crippen LogP contribution in [0.3, 0.4) is 0 Å². The number of oxazole rings is 1. The first-order valence-electron chi connectivity index (χ1n) is 8.31. The van der Waals surface area contributed by atoms with Crippen LogP contribution in [0.2, 0.25) is 0 Å². The average molecular weight is 328 g/mol. The molecule has 0 radical (unpaired) electrons. The van der Waals surface area contributed by atoms with Crippen LogP contribution < -0.4 is 5.76 Å². The van der Waals surface area contributed by atoms with Gasteiger partial charge in [-0.25, -0.2) is 9.59 Å². The van der Waals surface area contributed by atoms with Crippen LogP contribution in [-0.2, 0) is 0 Å². The van der Waals surface area contributed by atoms with Crippen LogP contribution in [0.25, 0.3) is 11.1 Å². The molecule has 2 aliphatic rings. The molecule has 1 unspecified atom stereocenters. The van der Waals surface area contributed by atoms with E-state index in [1.165, 1.54) is 12.8 Å². The largest absolute Gasteiger partial charge is 0.417 e. The molecular formula is C17H20N4O3. The Hall–Kier alpha value is -2.57. The van der Waals surface area contributed by atoms with Gasteiger partial charge in [-0.2, -0.15) is 0 Å². The molecule has 2 heterocycles. The van der Waals surface area contributed by atoms with Gasteiger partial charge in [0.2, 0.25) is 0 Å². The topological polar surface area (TPSA) is 81.9 Å². The molecule has 0 bridgehead atoms. The summed E-state index contributed by atoms with van der Waals surface area (Å²) in [6, 6.07) is 5.73. The van der Waals surface area contributed by atoms with Crippen molar-refractivity contribution in [2.75, 3.05) is 13.6 Å². The smallest absolute Gasteiger partial charge is 0.408 e. The van der Waals surface area contributed by atoms with Gasteiger partial charge in [0.05, 0.1) is 24.4 Å². The molecular weight excluding hydrogens is 308 g/mol. The number of nitrogens with one attached hydrogen (secondary N) is 1. The number of rotatable bonds is 2. The first-order valence-corrected chi connectivity index (χ1v) is 8.31. The number of aliphatic imine (C=N–C) groups is 1. The molecule has 1 aromatic carbocycles. The number of carbonyl (C=O) groups excluding carboxylic acids is 1. The van der Waals surface area contributed by atoms with Crippen LogP contribution >= 0.6 is 0 Å². The Morgan fingerprint density at radius 1 is 1.38 bits per heavy atom. The fraction of sp³-hybridized carbons (Fsp3) is 0.471. The van der Waals surface area contributed by atoms with Crippen molar-refractivity contribution in [3.05, 3.63) is 34.3 Å². The Morgan fingerprint density at radius 3 is 2.96 bits per heavy atom. The fourth-order valence-corrected chi connectivity index (χ4v) is 3.59. The highest BCUT2D eigenvalue weighted by Gasteiger charge is 2.30. The van der Waals surface area contributed by atoms with E-state index in [2.05, 4.69) is 9.98 Å². The molecule has 1 aromatic heterocycles. The van der Waals surface area contributed by atoms with E-state index >= 15 is 0 Å². The molecule has 7 nitrogen and oxygen atoms in total. The molecule has 1 aliphatic carbocycles. The Morgan fingerprint density at radius 2 is 2.17 bits per heavy atom. The summed E-state index contributed by atoms with van der Waals surface area (Å²) in [4.78, 5) is 34.5. The van der Waals surface area contributed by atoms with Gasteiger partial charge in [-0.05, 0) is 30.5 Å². The number of hydrogen-bond donors (Lipinski definition) is 1. The Kier molecular flexibility index (Phi) is 3.63. The third-order valence-corrected chi connectivity index (χ3v) is 5.00. The van der Waals surface area contributed by atoms with Gasteiger partial charge in [-0.1, -0.05) is 18.9 Å². The van der Waals surface area contributed by atoms with Gasteiger partial charge in [0.25, 0.3) is 0 Å². The van der Waals surface area contributed by atoms with Gasteiger partial charge < -0.3 is 9.32 Å². The molecule has 1 atom stereocenters. The summed E-state index contributed by atoms with van der Waals surface area (Å²) in [7, 11) is 1.88. The normalized spacial score (nSPS) is 21.0. The van der Waals surface area contributed by atoms with Crippen molar-refractivity contribution >= 4 is 23.5 Å². The summed E-state index contributed by atoms with van der Waals surface area (Å²) in [5.41, 5.74) is 2.13. The first-order chi connectivity index (χ1) is 11.6. The number of hydrogen-bond acceptors (Lipinski definition) is 4. The van der Waals surface area contributed by atoms with Crippen molar-refractivity contribution in [2.24, 2.45) is 4.99 Å². The van der Waals surface area contributed by atoms with E-state index in [-0.39, 0.29) is 12.1 Å². The Labute approximate surface area is 139 Å². The summed E-state index contributed by atoms with van der Waals surface area (Å²) >= 11 is 0. The second-order valence-electron chi connectivity index (χ2n) is 6.53. The Bertz CT molecular complexity index is 847. The molecule has 1 N–H and O–H groups in total. The highest BCUT2D eigenvalue weighted by atomic mass is 16.4. The molecule has 24 heavy (non-hydrogen) atoms. The number of amides is 2. The zero-order valence-electron chi connectivity index (χ0n) is 13.6. The minimum absolute atomic E-state index is 0.00551. The van der Waals surface area contributed by atoms with E-state index < -0.39 is 5.76 Å². The standard InChI is InChI=1S/C17H20N4O3/c1-20(12-4-2-3-5-12)17(23)21-9-14(18-10-21)11-6-7-15-13(8-11)19-16(22)24-15/h6-8,10,12,14H,2-5,9H2,1H3,(H,19,22). The third-order valence-electron chi connectivity index (χ3n) is 5.00. The second-order valence-corrected chi connectivity index (χ2v) is 6.53. The van der Waals surface area contributed by atoms with Crippen LogP contribution in [0.5, 0.6) is 0 Å². The van der Waals surface area contributed by atoms with Gasteiger partial charge >= 0.3 is 11.8 Å². The highest BCUT2D eigenvalue weighted by molar-refractivity contribution is 5.88. The van der Waals surface area contributed by atoms with Gasteiger partial charge in [0.1, 0.15) is 0 Å². The van der Waals surface area contributed by atoms with E-state index in [1.54, 1.807) is 17.3 Å². The third kappa shape index (κ3) is 2.60. The van der Waals surface area contributed by atoms with Crippen LogP contribution in [0, 0.1) is 0 Å².